The van der Waals surface area contributed by atoms with E-state index >= 15 is 0 Å². The molecule has 12 heavy (non-hydrogen) atoms. The van der Waals surface area contributed by atoms with E-state index in [1.165, 1.54) is 0 Å². The summed E-state index contributed by atoms with van der Waals surface area (Å²) in [5.74, 6) is -0.0114. The largest absolute Gasteiger partial charge is 0.295 e. The number of thioether (sulfide) groups is 1. The van der Waals surface area contributed by atoms with Crippen molar-refractivity contribution in [2.45, 2.75) is 11.2 Å². The zero-order valence-corrected chi connectivity index (χ0v) is 7.73. The van der Waals surface area contributed by atoms with Gasteiger partial charge in [0, 0.05) is 10.5 Å². The van der Waals surface area contributed by atoms with Gasteiger partial charge in [-0.1, -0.05) is 12.1 Å². The molecule has 0 amide bonds. The molecule has 0 aromatic heterocycles. The van der Waals surface area contributed by atoms with Crippen molar-refractivity contribution in [3.8, 4) is 0 Å². The van der Waals surface area contributed by atoms with E-state index in [1.54, 1.807) is 23.9 Å². The van der Waals surface area contributed by atoms with Crippen LogP contribution >= 0.6 is 11.8 Å². The van der Waals surface area contributed by atoms with Crippen molar-refractivity contribution in [3.05, 3.63) is 29.8 Å². The zero-order chi connectivity index (χ0) is 8.97. The van der Waals surface area contributed by atoms with Gasteiger partial charge in [0.1, 0.15) is 0 Å². The quantitative estimate of drug-likeness (QED) is 0.398. The van der Waals surface area contributed by atoms with Gasteiger partial charge in [-0.2, -0.15) is 0 Å². The lowest BCUT2D eigenvalue weighted by Gasteiger charge is -1.98. The normalized spacial score (nSPS) is 9.75. The molecule has 0 fully saturated rings. The lowest BCUT2D eigenvalue weighted by Crippen LogP contribution is -1.96. The molecule has 1 nitrogen and oxygen atoms in total. The molecule has 0 saturated heterocycles. The van der Waals surface area contributed by atoms with Crippen LogP contribution in [0.1, 0.15) is 10.4 Å². The van der Waals surface area contributed by atoms with E-state index in [4.69, 9.17) is 7.85 Å². The van der Waals surface area contributed by atoms with E-state index in [9.17, 15) is 4.79 Å². The molecule has 60 valence electrons. The molecule has 0 aliphatic rings. The highest BCUT2D eigenvalue weighted by atomic mass is 32.2. The summed E-state index contributed by atoms with van der Waals surface area (Å²) in [5.41, 5.74) is 0.690. The molecule has 0 aliphatic carbocycles. The first kappa shape index (κ1) is 9.39. The molecule has 0 heterocycles. The minimum Gasteiger partial charge on any atom is -0.295 e. The van der Waals surface area contributed by atoms with Crippen LogP contribution < -0.4 is 0 Å². The van der Waals surface area contributed by atoms with E-state index < -0.39 is 0 Å². The fourth-order valence-corrected chi connectivity index (χ4v) is 1.30. The molecule has 0 aliphatic heterocycles. The molecule has 0 spiro atoms. The van der Waals surface area contributed by atoms with Crippen LogP contribution in [0.4, 0.5) is 0 Å². The van der Waals surface area contributed by atoms with Crippen LogP contribution in [0.5, 0.6) is 0 Å². The van der Waals surface area contributed by atoms with E-state index in [-0.39, 0.29) is 12.1 Å². The van der Waals surface area contributed by atoms with Crippen LogP contribution in [-0.4, -0.2) is 19.9 Å². The lowest BCUT2D eigenvalue weighted by molar-refractivity contribution is 0.101. The zero-order valence-electron chi connectivity index (χ0n) is 6.91. The number of hydrogen-bond acceptors (Lipinski definition) is 2. The third kappa shape index (κ3) is 2.14. The number of carbonyl (C=O) groups excluding carboxylic acids is 1. The standard InChI is InChI=1S/C9H9BOS/c1-12-8-4-2-7(3-5-8)9(11)6-10/h2-5H,6H2,1H3. The molecular formula is C9H9BOS. The van der Waals surface area contributed by atoms with Crippen molar-refractivity contribution in [1.82, 2.24) is 0 Å². The smallest absolute Gasteiger partial charge is 0.154 e. The highest BCUT2D eigenvalue weighted by Crippen LogP contribution is 2.15. The van der Waals surface area contributed by atoms with Gasteiger partial charge in [-0.15, -0.1) is 11.8 Å². The number of Topliss-reactive ketones (excluding diaryl/α,β-unsaturated/α-hetero) is 1. The monoisotopic (exact) mass is 176 g/mol. The van der Waals surface area contributed by atoms with E-state index in [1.807, 2.05) is 18.4 Å². The summed E-state index contributed by atoms with van der Waals surface area (Å²) in [6.45, 7) is 0. The fourth-order valence-electron chi connectivity index (χ4n) is 0.895. The van der Waals surface area contributed by atoms with Crippen LogP contribution in [0.15, 0.2) is 29.2 Å². The second kappa shape index (κ2) is 4.36. The van der Waals surface area contributed by atoms with Gasteiger partial charge in [-0.05, 0) is 24.7 Å². The molecular weight excluding hydrogens is 167 g/mol. The van der Waals surface area contributed by atoms with Crippen LogP contribution in [0.25, 0.3) is 0 Å². The Hall–Kier alpha value is -0.695. The highest BCUT2D eigenvalue weighted by molar-refractivity contribution is 7.98. The van der Waals surface area contributed by atoms with Crippen molar-refractivity contribution >= 4 is 25.4 Å². The first-order valence-corrected chi connectivity index (χ1v) is 4.87. The Bertz CT molecular complexity index is 268. The van der Waals surface area contributed by atoms with Gasteiger partial charge in [-0.25, -0.2) is 0 Å². The number of carbonyl (C=O) groups is 1. The fraction of sp³-hybridized carbons (Fsp3) is 0.222. The van der Waals surface area contributed by atoms with E-state index in [0.717, 1.165) is 4.90 Å². The van der Waals surface area contributed by atoms with Crippen molar-refractivity contribution in [1.29, 1.82) is 0 Å². The van der Waals surface area contributed by atoms with Gasteiger partial charge in [0.05, 0.1) is 7.85 Å². The topological polar surface area (TPSA) is 17.1 Å². The maximum Gasteiger partial charge on any atom is 0.154 e. The van der Waals surface area contributed by atoms with Gasteiger partial charge < -0.3 is 0 Å². The maximum absolute atomic E-state index is 11.1. The summed E-state index contributed by atoms with van der Waals surface area (Å²) in [7, 11) is 5.22. The minimum absolute atomic E-state index is 0.0114. The van der Waals surface area contributed by atoms with Crippen LogP contribution in [-0.2, 0) is 0 Å². The Balaban J connectivity index is 2.84. The van der Waals surface area contributed by atoms with Gasteiger partial charge in [-0.3, -0.25) is 4.79 Å². The third-order valence-electron chi connectivity index (χ3n) is 1.60. The van der Waals surface area contributed by atoms with E-state index in [0.29, 0.717) is 5.56 Å². The molecule has 0 atom stereocenters. The Kier molecular flexibility index (Phi) is 3.41. The van der Waals surface area contributed by atoms with Crippen LogP contribution in [0.3, 0.4) is 0 Å². The molecule has 1 aromatic carbocycles. The average Bonchev–Trinajstić information content (AvgIpc) is 2.17. The Labute approximate surface area is 78.0 Å². The Morgan fingerprint density at radius 2 is 2.00 bits per heavy atom. The molecule has 0 N–H and O–H groups in total. The number of rotatable bonds is 3. The van der Waals surface area contributed by atoms with Crippen LogP contribution in [0, 0.1) is 0 Å². The number of benzene rings is 1. The summed E-state index contributed by atoms with van der Waals surface area (Å²) < 4.78 is 0. The SMILES string of the molecule is [B]CC(=O)c1ccc(SC)cc1. The Morgan fingerprint density at radius 1 is 1.42 bits per heavy atom. The van der Waals surface area contributed by atoms with Gasteiger partial charge in [0.15, 0.2) is 5.78 Å². The van der Waals surface area contributed by atoms with Crippen LogP contribution in [0.2, 0.25) is 6.32 Å². The molecule has 3 heteroatoms. The predicted octanol–water partition coefficient (Wildman–Crippen LogP) is 2.18. The summed E-state index contributed by atoms with van der Waals surface area (Å²) in [6.07, 6.45) is 2.08. The van der Waals surface area contributed by atoms with Crippen molar-refractivity contribution in [2.24, 2.45) is 0 Å². The summed E-state index contributed by atoms with van der Waals surface area (Å²) >= 11 is 1.65. The first-order valence-electron chi connectivity index (χ1n) is 3.65. The predicted molar refractivity (Wildman–Crippen MR) is 53.1 cm³/mol. The summed E-state index contributed by atoms with van der Waals surface area (Å²) in [6, 6.07) is 7.46. The molecule has 2 radical (unpaired) electrons. The minimum atomic E-state index is -0.0114. The van der Waals surface area contributed by atoms with Crippen molar-refractivity contribution in [3.63, 3.8) is 0 Å². The maximum atomic E-state index is 11.1. The summed E-state index contributed by atoms with van der Waals surface area (Å²) in [5, 5.41) is 0. The van der Waals surface area contributed by atoms with Crippen molar-refractivity contribution < 1.29 is 4.79 Å². The van der Waals surface area contributed by atoms with E-state index in [2.05, 4.69) is 0 Å². The molecule has 1 aromatic rings. The number of hydrogen-bond donors (Lipinski definition) is 0. The second-order valence-corrected chi connectivity index (χ2v) is 3.24. The lowest BCUT2D eigenvalue weighted by atomic mass is 9.96. The second-order valence-electron chi connectivity index (χ2n) is 2.36. The molecule has 0 saturated carbocycles. The first-order chi connectivity index (χ1) is 5.77. The highest BCUT2D eigenvalue weighted by Gasteiger charge is 2.00. The third-order valence-corrected chi connectivity index (χ3v) is 2.34. The molecule has 1 rings (SSSR count). The van der Waals surface area contributed by atoms with Gasteiger partial charge >= 0.3 is 0 Å². The Morgan fingerprint density at radius 3 is 2.42 bits per heavy atom. The molecule has 0 unspecified atom stereocenters. The average molecular weight is 176 g/mol. The molecule has 0 bridgehead atoms. The van der Waals surface area contributed by atoms with Gasteiger partial charge in [0.25, 0.3) is 0 Å². The van der Waals surface area contributed by atoms with Gasteiger partial charge in [0.2, 0.25) is 0 Å². The summed E-state index contributed by atoms with van der Waals surface area (Å²) in [4.78, 5) is 12.2. The number of ketones is 1. The van der Waals surface area contributed by atoms with Crippen molar-refractivity contribution in [2.75, 3.05) is 6.26 Å².